The molecule has 0 saturated carbocycles. The summed E-state index contributed by atoms with van der Waals surface area (Å²) in [5, 5.41) is 5.50. The molecule has 0 aliphatic carbocycles. The molecule has 0 radical (unpaired) electrons. The van der Waals surface area contributed by atoms with Crippen LogP contribution in [-0.2, 0) is 19.6 Å². The largest absolute Gasteiger partial charge is 0.349 e. The van der Waals surface area contributed by atoms with Gasteiger partial charge >= 0.3 is 0 Å². The lowest BCUT2D eigenvalue weighted by Crippen LogP contribution is -2.29. The number of sulfonamides is 1. The first-order valence-corrected chi connectivity index (χ1v) is 11.2. The van der Waals surface area contributed by atoms with Crippen LogP contribution in [-0.4, -0.2) is 20.2 Å². The predicted molar refractivity (Wildman–Crippen MR) is 120 cm³/mol. The number of anilines is 2. The van der Waals surface area contributed by atoms with Crippen LogP contribution in [0, 0.1) is 5.82 Å². The van der Waals surface area contributed by atoms with Crippen molar-refractivity contribution in [3.05, 3.63) is 90.2 Å². The van der Waals surface area contributed by atoms with Crippen LogP contribution in [0.25, 0.3) is 0 Å². The van der Waals surface area contributed by atoms with Crippen molar-refractivity contribution < 1.29 is 22.4 Å². The van der Waals surface area contributed by atoms with Gasteiger partial charge in [0.2, 0.25) is 11.8 Å². The van der Waals surface area contributed by atoms with Crippen molar-refractivity contribution in [2.24, 2.45) is 0 Å². The van der Waals surface area contributed by atoms with Gasteiger partial charge in [-0.25, -0.2) is 12.8 Å². The maximum Gasteiger partial charge on any atom is 0.261 e. The quantitative estimate of drug-likeness (QED) is 0.480. The van der Waals surface area contributed by atoms with E-state index < -0.39 is 21.9 Å². The summed E-state index contributed by atoms with van der Waals surface area (Å²) >= 11 is 0. The van der Waals surface area contributed by atoms with E-state index in [2.05, 4.69) is 15.4 Å². The molecule has 0 spiro atoms. The summed E-state index contributed by atoms with van der Waals surface area (Å²) in [5.41, 5.74) is 1.56. The SMILES string of the molecule is CC(=O)N[C@H](CC(=O)Nc1ccc(NS(=O)(=O)c2ccc(F)cc2)cc1)c1ccccc1. The molecule has 3 aromatic carbocycles. The minimum absolute atomic E-state index is 0.0303. The van der Waals surface area contributed by atoms with Crippen molar-refractivity contribution in [3.63, 3.8) is 0 Å². The van der Waals surface area contributed by atoms with Gasteiger partial charge in [0.25, 0.3) is 10.0 Å². The maximum atomic E-state index is 13.0. The van der Waals surface area contributed by atoms with Gasteiger partial charge in [-0.05, 0) is 54.1 Å². The minimum Gasteiger partial charge on any atom is -0.349 e. The molecular weight excluding hydrogens is 433 g/mol. The van der Waals surface area contributed by atoms with Crippen molar-refractivity contribution in [2.45, 2.75) is 24.3 Å². The van der Waals surface area contributed by atoms with Crippen LogP contribution in [0.1, 0.15) is 24.9 Å². The van der Waals surface area contributed by atoms with Crippen molar-refractivity contribution in [1.82, 2.24) is 5.32 Å². The Balaban J connectivity index is 1.63. The molecule has 0 fully saturated rings. The summed E-state index contributed by atoms with van der Waals surface area (Å²) in [6.45, 7) is 1.39. The first-order valence-electron chi connectivity index (χ1n) is 9.73. The molecule has 166 valence electrons. The van der Waals surface area contributed by atoms with Crippen molar-refractivity contribution in [2.75, 3.05) is 10.0 Å². The van der Waals surface area contributed by atoms with Gasteiger partial charge in [0.05, 0.1) is 17.4 Å². The molecule has 2 amide bonds. The molecule has 3 rings (SSSR count). The minimum atomic E-state index is -3.87. The van der Waals surface area contributed by atoms with Crippen LogP contribution in [0.5, 0.6) is 0 Å². The fourth-order valence-electron chi connectivity index (χ4n) is 3.03. The number of rotatable bonds is 8. The number of benzene rings is 3. The topological polar surface area (TPSA) is 104 Å². The highest BCUT2D eigenvalue weighted by molar-refractivity contribution is 7.92. The first kappa shape index (κ1) is 23.0. The van der Waals surface area contributed by atoms with Gasteiger partial charge in [-0.2, -0.15) is 0 Å². The average Bonchev–Trinajstić information content (AvgIpc) is 2.75. The summed E-state index contributed by atoms with van der Waals surface area (Å²) in [7, 11) is -3.87. The van der Waals surface area contributed by atoms with Crippen LogP contribution in [0.3, 0.4) is 0 Å². The Morgan fingerprint density at radius 3 is 2.06 bits per heavy atom. The van der Waals surface area contributed by atoms with Crippen molar-refractivity contribution >= 4 is 33.2 Å². The molecule has 0 unspecified atom stereocenters. The van der Waals surface area contributed by atoms with Crippen LogP contribution < -0.4 is 15.4 Å². The molecular formula is C23H22FN3O4S. The summed E-state index contributed by atoms with van der Waals surface area (Å²) in [6.07, 6.45) is 0.0303. The molecule has 9 heteroatoms. The Labute approximate surface area is 185 Å². The third-order valence-corrected chi connectivity index (χ3v) is 5.91. The Kier molecular flexibility index (Phi) is 7.21. The van der Waals surface area contributed by atoms with Gasteiger partial charge in [-0.15, -0.1) is 0 Å². The Morgan fingerprint density at radius 2 is 1.47 bits per heavy atom. The zero-order chi connectivity index (χ0) is 23.1. The molecule has 0 heterocycles. The fraction of sp³-hybridized carbons (Fsp3) is 0.130. The lowest BCUT2D eigenvalue weighted by Gasteiger charge is -2.18. The number of amides is 2. The van der Waals surface area contributed by atoms with E-state index in [9.17, 15) is 22.4 Å². The second-order valence-electron chi connectivity index (χ2n) is 7.05. The average molecular weight is 456 g/mol. The van der Waals surface area contributed by atoms with Gasteiger partial charge in [-0.1, -0.05) is 30.3 Å². The Hall–Kier alpha value is -3.72. The summed E-state index contributed by atoms with van der Waals surface area (Å²) in [5.74, 6) is -1.09. The monoisotopic (exact) mass is 455 g/mol. The van der Waals surface area contributed by atoms with Gasteiger partial charge < -0.3 is 10.6 Å². The van der Waals surface area contributed by atoms with E-state index in [0.29, 0.717) is 5.69 Å². The molecule has 0 aliphatic heterocycles. The second kappa shape index (κ2) is 10.1. The van der Waals surface area contributed by atoms with E-state index in [0.717, 1.165) is 17.7 Å². The highest BCUT2D eigenvalue weighted by Crippen LogP contribution is 2.21. The van der Waals surface area contributed by atoms with E-state index in [1.807, 2.05) is 30.3 Å². The number of hydrogen-bond donors (Lipinski definition) is 3. The van der Waals surface area contributed by atoms with Gasteiger partial charge in [-0.3, -0.25) is 14.3 Å². The number of hydrogen-bond acceptors (Lipinski definition) is 4. The molecule has 3 aromatic rings. The number of carbonyl (C=O) groups is 2. The zero-order valence-electron chi connectivity index (χ0n) is 17.2. The predicted octanol–water partition coefficient (Wildman–Crippen LogP) is 3.83. The van der Waals surface area contributed by atoms with Crippen molar-refractivity contribution in [1.29, 1.82) is 0 Å². The third kappa shape index (κ3) is 6.39. The highest BCUT2D eigenvalue weighted by Gasteiger charge is 2.17. The Morgan fingerprint density at radius 1 is 0.875 bits per heavy atom. The number of carbonyl (C=O) groups excluding carboxylic acids is 2. The summed E-state index contributed by atoms with van der Waals surface area (Å²) < 4.78 is 40.2. The third-order valence-electron chi connectivity index (χ3n) is 4.51. The second-order valence-corrected chi connectivity index (χ2v) is 8.74. The smallest absolute Gasteiger partial charge is 0.261 e. The standard InChI is InChI=1S/C23H22FN3O4S/c1-16(28)25-22(17-5-3-2-4-6-17)15-23(29)26-19-9-11-20(12-10-19)27-32(30,31)21-13-7-18(24)8-14-21/h2-14,22,27H,15H2,1H3,(H,25,28)(H,26,29)/t22-/m1/s1. The molecule has 3 N–H and O–H groups in total. The van der Waals surface area contributed by atoms with E-state index in [1.54, 1.807) is 12.1 Å². The normalized spacial score (nSPS) is 11.9. The van der Waals surface area contributed by atoms with Crippen LogP contribution in [0.4, 0.5) is 15.8 Å². The molecule has 0 saturated heterocycles. The molecule has 0 aromatic heterocycles. The maximum absolute atomic E-state index is 13.0. The number of nitrogens with one attached hydrogen (secondary N) is 3. The van der Waals surface area contributed by atoms with Crippen LogP contribution in [0.15, 0.2) is 83.8 Å². The number of halogens is 1. The fourth-order valence-corrected chi connectivity index (χ4v) is 4.09. The van der Waals surface area contributed by atoms with Crippen molar-refractivity contribution in [3.8, 4) is 0 Å². The molecule has 32 heavy (non-hydrogen) atoms. The first-order chi connectivity index (χ1) is 15.2. The Bertz CT molecular complexity index is 1180. The molecule has 1 atom stereocenters. The zero-order valence-corrected chi connectivity index (χ0v) is 18.0. The molecule has 7 nitrogen and oxygen atoms in total. The molecule has 0 aliphatic rings. The highest BCUT2D eigenvalue weighted by atomic mass is 32.2. The lowest BCUT2D eigenvalue weighted by molar-refractivity contribution is -0.120. The lowest BCUT2D eigenvalue weighted by atomic mass is 10.0. The van der Waals surface area contributed by atoms with Crippen LogP contribution in [0.2, 0.25) is 0 Å². The molecule has 0 bridgehead atoms. The van der Waals surface area contributed by atoms with E-state index in [-0.39, 0.29) is 28.8 Å². The van der Waals surface area contributed by atoms with Crippen LogP contribution >= 0.6 is 0 Å². The van der Waals surface area contributed by atoms with Gasteiger partial charge in [0.1, 0.15) is 5.82 Å². The summed E-state index contributed by atoms with van der Waals surface area (Å²) in [6, 6.07) is 19.3. The van der Waals surface area contributed by atoms with E-state index in [4.69, 9.17) is 0 Å². The van der Waals surface area contributed by atoms with Gasteiger partial charge in [0.15, 0.2) is 0 Å². The van der Waals surface area contributed by atoms with E-state index >= 15 is 0 Å². The summed E-state index contributed by atoms with van der Waals surface area (Å²) in [4.78, 5) is 24.0. The van der Waals surface area contributed by atoms with E-state index in [1.165, 1.54) is 31.2 Å². The van der Waals surface area contributed by atoms with Gasteiger partial charge in [0, 0.05) is 18.3 Å².